The summed E-state index contributed by atoms with van der Waals surface area (Å²) < 4.78 is 2.42. The van der Waals surface area contributed by atoms with Crippen molar-refractivity contribution in [1.82, 2.24) is 14.7 Å². The Hall–Kier alpha value is -0.720. The predicted octanol–water partition coefficient (Wildman–Crippen LogP) is 1.52. The van der Waals surface area contributed by atoms with Crippen molar-refractivity contribution >= 4 is 21.7 Å². The highest BCUT2D eigenvalue weighted by Gasteiger charge is 2.31. The van der Waals surface area contributed by atoms with E-state index in [0.717, 1.165) is 6.54 Å². The molecule has 6 heteroatoms. The van der Waals surface area contributed by atoms with E-state index in [1.54, 1.807) is 17.8 Å². The molecular formula is C12H21BrN4O. The molecule has 1 aromatic rings. The minimum Gasteiger partial charge on any atom is -0.319 e. The molecule has 102 valence electrons. The molecule has 1 atom stereocenters. The Bertz CT molecular complexity index is 426. The number of halogens is 1. The average Bonchev–Trinajstić information content (AvgIpc) is 2.66. The Labute approximate surface area is 116 Å². The van der Waals surface area contributed by atoms with Gasteiger partial charge in [0.25, 0.3) is 0 Å². The summed E-state index contributed by atoms with van der Waals surface area (Å²) >= 11 is 3.37. The number of hydrogen-bond donors (Lipinski definition) is 1. The van der Waals surface area contributed by atoms with Crippen LogP contribution in [0.15, 0.2) is 10.7 Å². The Morgan fingerprint density at radius 3 is 2.72 bits per heavy atom. The van der Waals surface area contributed by atoms with Crippen molar-refractivity contribution < 1.29 is 4.79 Å². The Balaban J connectivity index is 3.01. The molecule has 0 fully saturated rings. The first-order valence-corrected chi connectivity index (χ1v) is 6.78. The fourth-order valence-electron chi connectivity index (χ4n) is 1.48. The number of nitrogens with two attached hydrogens (primary N) is 1. The molecule has 1 heterocycles. The number of nitrogens with zero attached hydrogens (tertiary/aromatic N) is 3. The number of hydrogen-bond acceptors (Lipinski definition) is 4. The molecule has 0 saturated carbocycles. The van der Waals surface area contributed by atoms with Gasteiger partial charge >= 0.3 is 0 Å². The van der Waals surface area contributed by atoms with E-state index in [4.69, 9.17) is 5.73 Å². The van der Waals surface area contributed by atoms with Crippen LogP contribution in [0.1, 0.15) is 30.8 Å². The van der Waals surface area contributed by atoms with Gasteiger partial charge in [0.2, 0.25) is 5.78 Å². The van der Waals surface area contributed by atoms with Crippen LogP contribution in [0.25, 0.3) is 0 Å². The van der Waals surface area contributed by atoms with Crippen molar-refractivity contribution in [3.05, 3.63) is 16.4 Å². The lowest BCUT2D eigenvalue weighted by Crippen LogP contribution is -2.45. The van der Waals surface area contributed by atoms with Gasteiger partial charge in [-0.1, -0.05) is 6.92 Å². The Kier molecular flexibility index (Phi) is 5.07. The normalized spacial score (nSPS) is 14.8. The van der Waals surface area contributed by atoms with Crippen LogP contribution in [0.2, 0.25) is 0 Å². The van der Waals surface area contributed by atoms with Crippen LogP contribution in [0.5, 0.6) is 0 Å². The first kappa shape index (κ1) is 15.3. The molecule has 0 amide bonds. The van der Waals surface area contributed by atoms with Crippen LogP contribution in [-0.4, -0.2) is 46.6 Å². The van der Waals surface area contributed by atoms with Crippen molar-refractivity contribution in [3.63, 3.8) is 0 Å². The molecule has 18 heavy (non-hydrogen) atoms. The van der Waals surface area contributed by atoms with Crippen LogP contribution in [0.4, 0.5) is 0 Å². The third kappa shape index (κ3) is 3.40. The second-order valence-electron chi connectivity index (χ2n) is 4.97. The number of carbonyl (C=O) groups is 1. The highest BCUT2D eigenvalue weighted by molar-refractivity contribution is 9.10. The van der Waals surface area contributed by atoms with Crippen LogP contribution < -0.4 is 5.73 Å². The first-order chi connectivity index (χ1) is 8.29. The lowest BCUT2D eigenvalue weighted by Gasteiger charge is -2.22. The van der Waals surface area contributed by atoms with E-state index < -0.39 is 5.54 Å². The Morgan fingerprint density at radius 1 is 1.61 bits per heavy atom. The summed E-state index contributed by atoms with van der Waals surface area (Å²) in [7, 11) is 3.97. The molecule has 1 rings (SSSR count). The van der Waals surface area contributed by atoms with Gasteiger partial charge in [0.15, 0.2) is 0 Å². The third-order valence-electron chi connectivity index (χ3n) is 3.02. The third-order valence-corrected chi connectivity index (χ3v) is 3.60. The van der Waals surface area contributed by atoms with Gasteiger partial charge in [-0.2, -0.15) is 5.10 Å². The van der Waals surface area contributed by atoms with Gasteiger partial charge in [-0.15, -0.1) is 0 Å². The molecule has 0 saturated heterocycles. The molecule has 5 nitrogen and oxygen atoms in total. The molecule has 0 aliphatic rings. The standard InChI is InChI=1S/C12H21BrN4O/c1-5-12(2,14)11(18)10-9(13)8-15-17(10)7-6-16(3)4/h8H,5-7,14H2,1-4H3. The van der Waals surface area contributed by atoms with Crippen molar-refractivity contribution in [3.8, 4) is 0 Å². The molecule has 1 unspecified atom stereocenters. The quantitative estimate of drug-likeness (QED) is 0.808. The van der Waals surface area contributed by atoms with E-state index in [9.17, 15) is 4.79 Å². The van der Waals surface area contributed by atoms with Gasteiger partial charge in [-0.25, -0.2) is 0 Å². The average molecular weight is 317 g/mol. The number of Topliss-reactive ketones (excluding diaryl/α,β-unsaturated/α-hetero) is 1. The van der Waals surface area contributed by atoms with Crippen LogP contribution in [0.3, 0.4) is 0 Å². The van der Waals surface area contributed by atoms with Gasteiger partial charge < -0.3 is 10.6 Å². The lowest BCUT2D eigenvalue weighted by atomic mass is 9.92. The fourth-order valence-corrected chi connectivity index (χ4v) is 1.96. The number of likely N-dealkylation sites (N-methyl/N-ethyl adjacent to an activating group) is 1. The minimum absolute atomic E-state index is 0.0758. The van der Waals surface area contributed by atoms with Gasteiger partial charge in [0, 0.05) is 6.54 Å². The number of aromatic nitrogens is 2. The topological polar surface area (TPSA) is 64.2 Å². The number of carbonyl (C=O) groups excluding carboxylic acids is 1. The molecule has 0 bridgehead atoms. The zero-order valence-electron chi connectivity index (χ0n) is 11.4. The lowest BCUT2D eigenvalue weighted by molar-refractivity contribution is 0.0885. The molecule has 0 spiro atoms. The van der Waals surface area contributed by atoms with Crippen molar-refractivity contribution in [1.29, 1.82) is 0 Å². The van der Waals surface area contributed by atoms with Gasteiger partial charge in [0.05, 0.1) is 22.8 Å². The largest absolute Gasteiger partial charge is 0.319 e. The van der Waals surface area contributed by atoms with E-state index in [1.165, 1.54) is 0 Å². The molecule has 0 aliphatic heterocycles. The predicted molar refractivity (Wildman–Crippen MR) is 75.7 cm³/mol. The van der Waals surface area contributed by atoms with Crippen molar-refractivity contribution in [2.24, 2.45) is 5.73 Å². The highest BCUT2D eigenvalue weighted by Crippen LogP contribution is 2.22. The molecule has 0 aromatic carbocycles. The number of rotatable bonds is 6. The maximum atomic E-state index is 12.4. The van der Waals surface area contributed by atoms with E-state index >= 15 is 0 Å². The molecule has 2 N–H and O–H groups in total. The van der Waals surface area contributed by atoms with E-state index in [1.807, 2.05) is 25.9 Å². The highest BCUT2D eigenvalue weighted by atomic mass is 79.9. The Morgan fingerprint density at radius 2 is 2.22 bits per heavy atom. The van der Waals surface area contributed by atoms with Crippen LogP contribution >= 0.6 is 15.9 Å². The maximum absolute atomic E-state index is 12.4. The maximum Gasteiger partial charge on any atom is 0.201 e. The summed E-state index contributed by atoms with van der Waals surface area (Å²) in [4.78, 5) is 14.5. The number of ketones is 1. The van der Waals surface area contributed by atoms with Crippen LogP contribution in [-0.2, 0) is 6.54 Å². The summed E-state index contributed by atoms with van der Waals surface area (Å²) in [5.74, 6) is -0.0758. The molecule has 0 aliphatic carbocycles. The SMILES string of the molecule is CCC(C)(N)C(=O)c1c(Br)cnn1CCN(C)C. The summed E-state index contributed by atoms with van der Waals surface area (Å²) in [5, 5.41) is 4.22. The summed E-state index contributed by atoms with van der Waals surface area (Å²) in [6.07, 6.45) is 2.24. The zero-order chi connectivity index (χ0) is 13.9. The zero-order valence-corrected chi connectivity index (χ0v) is 13.0. The van der Waals surface area contributed by atoms with Gasteiger partial charge in [-0.3, -0.25) is 9.48 Å². The van der Waals surface area contributed by atoms with E-state index in [2.05, 4.69) is 21.0 Å². The van der Waals surface area contributed by atoms with E-state index in [-0.39, 0.29) is 5.78 Å². The van der Waals surface area contributed by atoms with Gasteiger partial charge in [0.1, 0.15) is 5.69 Å². The molecule has 0 radical (unpaired) electrons. The second-order valence-corrected chi connectivity index (χ2v) is 5.82. The summed E-state index contributed by atoms with van der Waals surface area (Å²) in [5.41, 5.74) is 5.73. The van der Waals surface area contributed by atoms with Gasteiger partial charge in [-0.05, 0) is 43.4 Å². The van der Waals surface area contributed by atoms with Crippen LogP contribution in [0, 0.1) is 0 Å². The molecular weight excluding hydrogens is 296 g/mol. The summed E-state index contributed by atoms with van der Waals surface area (Å²) in [6, 6.07) is 0. The first-order valence-electron chi connectivity index (χ1n) is 5.99. The van der Waals surface area contributed by atoms with E-state index in [0.29, 0.717) is 23.1 Å². The minimum atomic E-state index is -0.849. The monoisotopic (exact) mass is 316 g/mol. The smallest absolute Gasteiger partial charge is 0.201 e. The molecule has 1 aromatic heterocycles. The van der Waals surface area contributed by atoms with Crippen molar-refractivity contribution in [2.45, 2.75) is 32.4 Å². The van der Waals surface area contributed by atoms with Crippen molar-refractivity contribution in [2.75, 3.05) is 20.6 Å². The fraction of sp³-hybridized carbons (Fsp3) is 0.667. The second kappa shape index (κ2) is 5.95. The summed E-state index contributed by atoms with van der Waals surface area (Å²) in [6.45, 7) is 5.15.